The Morgan fingerprint density at radius 1 is 1.26 bits per heavy atom. The second-order valence-corrected chi connectivity index (χ2v) is 10.6. The number of thiophene rings is 1. The van der Waals surface area contributed by atoms with Crippen LogP contribution in [0.4, 0.5) is 24.7 Å². The topological polar surface area (TPSA) is 70.2 Å². The second kappa shape index (κ2) is 8.41. The first kappa shape index (κ1) is 22.9. The number of nitrogens with zero attached hydrogens (tertiary/aromatic N) is 3. The summed E-state index contributed by atoms with van der Waals surface area (Å²) in [6.07, 6.45) is -0.637. The van der Waals surface area contributed by atoms with Gasteiger partial charge < -0.3 is 15.5 Å². The zero-order valence-electron chi connectivity index (χ0n) is 19.0. The van der Waals surface area contributed by atoms with Crippen molar-refractivity contribution in [2.75, 3.05) is 30.4 Å². The van der Waals surface area contributed by atoms with E-state index in [1.807, 2.05) is 25.1 Å². The number of carbonyl (C=O) groups excluding carboxylic acids is 1. The smallest absolute Gasteiger partial charge is 0.382 e. The molecule has 34 heavy (non-hydrogen) atoms. The Bertz CT molecular complexity index is 1240. The van der Waals surface area contributed by atoms with Crippen molar-refractivity contribution in [3.8, 4) is 0 Å². The van der Waals surface area contributed by atoms with Crippen molar-refractivity contribution in [1.29, 1.82) is 0 Å². The Hall–Kier alpha value is -2.88. The summed E-state index contributed by atoms with van der Waals surface area (Å²) in [6, 6.07) is 7.63. The number of aromatic nitrogens is 2. The van der Waals surface area contributed by atoms with Crippen LogP contribution < -0.4 is 15.5 Å². The van der Waals surface area contributed by atoms with E-state index in [1.165, 1.54) is 6.33 Å². The third kappa shape index (κ3) is 4.43. The maximum absolute atomic E-state index is 12.9. The summed E-state index contributed by atoms with van der Waals surface area (Å²) in [4.78, 5) is 23.6. The van der Waals surface area contributed by atoms with Gasteiger partial charge in [-0.2, -0.15) is 13.2 Å². The van der Waals surface area contributed by atoms with E-state index in [4.69, 9.17) is 0 Å². The number of benzene rings is 1. The molecule has 1 saturated heterocycles. The Balaban J connectivity index is 1.24. The lowest BCUT2D eigenvalue weighted by molar-refractivity contribution is -0.126. The van der Waals surface area contributed by atoms with E-state index in [0.717, 1.165) is 60.8 Å². The molecule has 2 N–H and O–H groups in total. The Labute approximate surface area is 199 Å². The molecule has 0 atom stereocenters. The molecular weight excluding hydrogens is 463 g/mol. The van der Waals surface area contributed by atoms with Crippen LogP contribution in [0.2, 0.25) is 0 Å². The summed E-state index contributed by atoms with van der Waals surface area (Å²) in [5, 5.41) is 6.96. The fourth-order valence-electron chi connectivity index (χ4n) is 5.30. The molecule has 1 aliphatic carbocycles. The van der Waals surface area contributed by atoms with Gasteiger partial charge >= 0.3 is 6.18 Å². The molecule has 0 bridgehead atoms. The van der Waals surface area contributed by atoms with Crippen LogP contribution in [-0.2, 0) is 6.42 Å². The minimum atomic E-state index is -4.23. The van der Waals surface area contributed by atoms with Crippen molar-refractivity contribution >= 4 is 39.0 Å². The molecule has 10 heteroatoms. The fraction of sp³-hybridized carbons (Fsp3) is 0.458. The highest BCUT2D eigenvalue weighted by Crippen LogP contribution is 2.50. The summed E-state index contributed by atoms with van der Waals surface area (Å²) in [5.41, 5.74) is 2.90. The molecule has 6 nitrogen and oxygen atoms in total. The van der Waals surface area contributed by atoms with Gasteiger partial charge in [0.2, 0.25) is 0 Å². The maximum atomic E-state index is 12.9. The minimum Gasteiger partial charge on any atom is -0.382 e. The lowest BCUT2D eigenvalue weighted by atomic mass is 9.65. The summed E-state index contributed by atoms with van der Waals surface area (Å²) in [5.74, 6) is 0.641. The van der Waals surface area contributed by atoms with Crippen molar-refractivity contribution < 1.29 is 18.0 Å². The van der Waals surface area contributed by atoms with Crippen molar-refractivity contribution in [3.05, 3.63) is 46.6 Å². The lowest BCUT2D eigenvalue weighted by Gasteiger charge is -2.46. The Kier molecular flexibility index (Phi) is 5.66. The summed E-state index contributed by atoms with van der Waals surface area (Å²) in [6.45, 7) is 3.67. The number of rotatable bonds is 5. The van der Waals surface area contributed by atoms with Crippen LogP contribution in [0.1, 0.15) is 40.1 Å². The van der Waals surface area contributed by atoms with Gasteiger partial charge in [0.25, 0.3) is 5.91 Å². The van der Waals surface area contributed by atoms with Crippen LogP contribution >= 0.6 is 11.3 Å². The monoisotopic (exact) mass is 489 g/mol. The maximum Gasteiger partial charge on any atom is 0.393 e. The van der Waals surface area contributed by atoms with Crippen LogP contribution in [0, 0.1) is 12.3 Å². The Morgan fingerprint density at radius 3 is 2.76 bits per heavy atom. The van der Waals surface area contributed by atoms with Gasteiger partial charge in [-0.25, -0.2) is 9.97 Å². The first-order valence-corrected chi connectivity index (χ1v) is 12.1. The highest BCUT2D eigenvalue weighted by molar-refractivity contribution is 7.18. The molecule has 0 radical (unpaired) electrons. The van der Waals surface area contributed by atoms with E-state index in [9.17, 15) is 18.0 Å². The summed E-state index contributed by atoms with van der Waals surface area (Å²) < 4.78 is 38.6. The number of fused-ring (bicyclic) bond motifs is 1. The highest BCUT2D eigenvalue weighted by atomic mass is 32.1. The van der Waals surface area contributed by atoms with Gasteiger partial charge in [-0.05, 0) is 61.4 Å². The molecule has 1 spiro atoms. The number of alkyl halides is 3. The first-order valence-electron chi connectivity index (χ1n) is 11.3. The number of hydrogen-bond donors (Lipinski definition) is 2. The number of aryl methyl sites for hydroxylation is 1. The zero-order chi connectivity index (χ0) is 24.1. The van der Waals surface area contributed by atoms with Gasteiger partial charge in [-0.15, -0.1) is 11.3 Å². The van der Waals surface area contributed by atoms with Gasteiger partial charge in [0.15, 0.2) is 0 Å². The molecule has 2 aromatic heterocycles. The van der Waals surface area contributed by atoms with Crippen LogP contribution in [0.5, 0.6) is 0 Å². The summed E-state index contributed by atoms with van der Waals surface area (Å²) in [7, 11) is 1.62. The van der Waals surface area contributed by atoms with E-state index in [2.05, 4.69) is 25.5 Å². The zero-order valence-corrected chi connectivity index (χ0v) is 19.8. The molecule has 2 aliphatic rings. The van der Waals surface area contributed by atoms with Gasteiger partial charge in [0.1, 0.15) is 17.0 Å². The number of carbonyl (C=O) groups is 1. The van der Waals surface area contributed by atoms with E-state index < -0.39 is 12.6 Å². The second-order valence-electron chi connectivity index (χ2n) is 9.45. The lowest BCUT2D eigenvalue weighted by Crippen LogP contribution is -2.47. The van der Waals surface area contributed by atoms with Crippen molar-refractivity contribution in [2.24, 2.45) is 5.41 Å². The predicted molar refractivity (Wildman–Crippen MR) is 128 cm³/mol. The molecule has 1 amide bonds. The van der Waals surface area contributed by atoms with Crippen LogP contribution in [0.3, 0.4) is 0 Å². The predicted octanol–water partition coefficient (Wildman–Crippen LogP) is 4.94. The normalized spacial score (nSPS) is 22.3. The number of hydrogen-bond acceptors (Lipinski definition) is 6. The van der Waals surface area contributed by atoms with Crippen molar-refractivity contribution in [1.82, 2.24) is 15.3 Å². The molecule has 0 unspecified atom stereocenters. The molecule has 1 saturated carbocycles. The SMILES string of the molecule is CNC(=O)c1ccc(NC2CC3(CCN(c4ncnc5sc(CC(F)(F)F)cc45)C3)C2)c(C)c1. The molecule has 1 aliphatic heterocycles. The molecule has 3 aromatic rings. The third-order valence-corrected chi connectivity index (χ3v) is 7.95. The molecule has 3 heterocycles. The molecular formula is C24H26F3N5OS. The van der Waals surface area contributed by atoms with Crippen LogP contribution in [0.25, 0.3) is 10.2 Å². The summed E-state index contributed by atoms with van der Waals surface area (Å²) >= 11 is 1.09. The number of nitrogens with one attached hydrogen (secondary N) is 2. The van der Waals surface area contributed by atoms with E-state index >= 15 is 0 Å². The largest absolute Gasteiger partial charge is 0.393 e. The van der Waals surface area contributed by atoms with Crippen LogP contribution in [-0.4, -0.2) is 48.2 Å². The van der Waals surface area contributed by atoms with Crippen molar-refractivity contribution in [3.63, 3.8) is 0 Å². The highest BCUT2D eigenvalue weighted by Gasteiger charge is 2.49. The van der Waals surface area contributed by atoms with Gasteiger partial charge in [-0.3, -0.25) is 4.79 Å². The van der Waals surface area contributed by atoms with Crippen molar-refractivity contribution in [2.45, 2.75) is 44.8 Å². The minimum absolute atomic E-state index is 0.0988. The number of halogens is 3. The molecule has 1 aromatic carbocycles. The standard InChI is InChI=1S/C24H26F3N5OS/c1-14-7-15(21(33)28-2)3-4-19(14)31-16-9-23(10-16)5-6-32(12-23)20-18-8-17(11-24(25,26)27)34-22(18)30-13-29-20/h3-4,7-8,13,16,31H,5-6,9-12H2,1-2H3,(H,28,33). The molecule has 180 valence electrons. The number of anilines is 2. The fourth-order valence-corrected chi connectivity index (χ4v) is 6.32. The van der Waals surface area contributed by atoms with Crippen LogP contribution in [0.15, 0.2) is 30.6 Å². The molecule has 2 fully saturated rings. The Morgan fingerprint density at radius 2 is 2.06 bits per heavy atom. The average Bonchev–Trinajstić information content (AvgIpc) is 3.36. The molecule has 5 rings (SSSR count). The van der Waals surface area contributed by atoms with Gasteiger partial charge in [-0.1, -0.05) is 0 Å². The van der Waals surface area contributed by atoms with Gasteiger partial charge in [0.05, 0.1) is 11.8 Å². The quantitative estimate of drug-likeness (QED) is 0.532. The first-order chi connectivity index (χ1) is 16.1. The number of amides is 1. The van der Waals surface area contributed by atoms with E-state index in [1.54, 1.807) is 13.1 Å². The van der Waals surface area contributed by atoms with E-state index in [0.29, 0.717) is 21.8 Å². The van der Waals surface area contributed by atoms with E-state index in [-0.39, 0.29) is 16.2 Å². The average molecular weight is 490 g/mol. The third-order valence-electron chi connectivity index (χ3n) is 6.91. The van der Waals surface area contributed by atoms with Gasteiger partial charge in [0, 0.05) is 42.3 Å².